The summed E-state index contributed by atoms with van der Waals surface area (Å²) in [6, 6.07) is 15.1. The van der Waals surface area contributed by atoms with Gasteiger partial charge >= 0.3 is 0 Å². The molecule has 8 nitrogen and oxygen atoms in total. The third-order valence-electron chi connectivity index (χ3n) is 5.92. The highest BCUT2D eigenvalue weighted by Gasteiger charge is 2.28. The first-order valence-electron chi connectivity index (χ1n) is 11.1. The number of aromatic nitrogens is 4. The van der Waals surface area contributed by atoms with E-state index >= 15 is 0 Å². The van der Waals surface area contributed by atoms with E-state index in [4.69, 9.17) is 10.7 Å². The van der Waals surface area contributed by atoms with E-state index in [0.717, 1.165) is 25.1 Å². The fourth-order valence-corrected chi connectivity index (χ4v) is 4.13. The molecule has 4 N–H and O–H groups in total. The number of nitrogen functional groups attached to an aromatic ring is 1. The van der Waals surface area contributed by atoms with Crippen LogP contribution in [-0.2, 0) is 4.79 Å². The summed E-state index contributed by atoms with van der Waals surface area (Å²) in [4.78, 5) is 22.5. The molecule has 2 aromatic carbocycles. The van der Waals surface area contributed by atoms with Gasteiger partial charge in [-0.3, -0.25) is 9.48 Å². The van der Waals surface area contributed by atoms with Gasteiger partial charge in [0.1, 0.15) is 23.2 Å². The summed E-state index contributed by atoms with van der Waals surface area (Å²) in [5.74, 6) is -1.37. The lowest BCUT2D eigenvalue weighted by atomic mass is 9.94. The minimum atomic E-state index is -0.812. The van der Waals surface area contributed by atoms with Crippen LogP contribution in [0.15, 0.2) is 73.2 Å². The quantitative estimate of drug-likeness (QED) is 0.409. The maximum atomic E-state index is 13.4. The molecule has 3 heterocycles. The van der Waals surface area contributed by atoms with Crippen molar-refractivity contribution in [2.75, 3.05) is 24.1 Å². The summed E-state index contributed by atoms with van der Waals surface area (Å²) in [6.07, 6.45) is 6.29. The molecule has 9 heteroatoms. The normalized spacial score (nSPS) is 16.3. The van der Waals surface area contributed by atoms with E-state index in [-0.39, 0.29) is 17.5 Å². The van der Waals surface area contributed by atoms with Gasteiger partial charge in [0.25, 0.3) is 0 Å². The van der Waals surface area contributed by atoms with Crippen LogP contribution in [0.2, 0.25) is 0 Å². The van der Waals surface area contributed by atoms with Crippen LogP contribution in [0.5, 0.6) is 0 Å². The summed E-state index contributed by atoms with van der Waals surface area (Å²) in [6.45, 7) is 1.84. The molecule has 172 valence electrons. The third-order valence-corrected chi connectivity index (χ3v) is 5.92. The van der Waals surface area contributed by atoms with E-state index in [2.05, 4.69) is 20.7 Å². The van der Waals surface area contributed by atoms with Gasteiger partial charge in [0, 0.05) is 24.0 Å². The first-order chi connectivity index (χ1) is 16.6. The van der Waals surface area contributed by atoms with Gasteiger partial charge in [-0.2, -0.15) is 5.10 Å². The highest BCUT2D eigenvalue weighted by atomic mass is 19.1. The molecule has 1 amide bonds. The second-order valence-corrected chi connectivity index (χ2v) is 8.22. The van der Waals surface area contributed by atoms with Crippen LogP contribution in [0.3, 0.4) is 0 Å². The van der Waals surface area contributed by atoms with Crippen molar-refractivity contribution in [3.8, 4) is 11.3 Å². The number of nitrogens with zero attached hydrogens (tertiary/aromatic N) is 4. The predicted octanol–water partition coefficient (Wildman–Crippen LogP) is 3.37. The van der Waals surface area contributed by atoms with Crippen LogP contribution < -0.4 is 16.4 Å². The van der Waals surface area contributed by atoms with Crippen LogP contribution in [0.1, 0.15) is 29.6 Å². The van der Waals surface area contributed by atoms with E-state index in [0.29, 0.717) is 28.7 Å². The van der Waals surface area contributed by atoms with E-state index in [1.807, 2.05) is 41.2 Å². The van der Waals surface area contributed by atoms with Gasteiger partial charge in [0.2, 0.25) is 5.91 Å². The van der Waals surface area contributed by atoms with Crippen LogP contribution in [0.4, 0.5) is 15.9 Å². The number of hydrogen-bond donors (Lipinski definition) is 3. The molecule has 5 rings (SSSR count). The Hall–Kier alpha value is -4.11. The molecule has 4 aromatic rings. The van der Waals surface area contributed by atoms with Crippen molar-refractivity contribution < 1.29 is 9.18 Å². The lowest BCUT2D eigenvalue weighted by Gasteiger charge is -2.19. The first kappa shape index (κ1) is 21.7. The van der Waals surface area contributed by atoms with E-state index in [1.165, 1.54) is 24.3 Å². The van der Waals surface area contributed by atoms with Gasteiger partial charge in [-0.25, -0.2) is 14.4 Å². The van der Waals surface area contributed by atoms with Crippen LogP contribution in [-0.4, -0.2) is 38.7 Å². The summed E-state index contributed by atoms with van der Waals surface area (Å²) in [5, 5.41) is 10.7. The van der Waals surface area contributed by atoms with Gasteiger partial charge in [0.05, 0.1) is 24.1 Å². The SMILES string of the molecule is Nc1ncc(-c2cnn([C@H]3CCNC3)c2)nc1C(C(=O)Nc1ccc(F)cc1)c1ccccc1. The minimum Gasteiger partial charge on any atom is -0.382 e. The summed E-state index contributed by atoms with van der Waals surface area (Å²) < 4.78 is 15.2. The third kappa shape index (κ3) is 4.51. The zero-order valence-electron chi connectivity index (χ0n) is 18.4. The highest BCUT2D eigenvalue weighted by molar-refractivity contribution is 5.98. The number of rotatable bonds is 6. The molecule has 1 aliphatic rings. The summed E-state index contributed by atoms with van der Waals surface area (Å²) >= 11 is 0. The molecule has 0 saturated carbocycles. The van der Waals surface area contributed by atoms with Crippen molar-refractivity contribution in [3.63, 3.8) is 0 Å². The molecule has 0 spiro atoms. The average molecular weight is 458 g/mol. The number of halogens is 1. The molecular weight excluding hydrogens is 433 g/mol. The molecule has 2 aromatic heterocycles. The molecule has 34 heavy (non-hydrogen) atoms. The fourth-order valence-electron chi connectivity index (χ4n) is 4.13. The van der Waals surface area contributed by atoms with Gasteiger partial charge < -0.3 is 16.4 Å². The summed E-state index contributed by atoms with van der Waals surface area (Å²) in [5.41, 5.74) is 9.14. The van der Waals surface area contributed by atoms with E-state index < -0.39 is 5.92 Å². The number of carbonyl (C=O) groups excluding carboxylic acids is 1. The van der Waals surface area contributed by atoms with Crippen molar-refractivity contribution in [2.45, 2.75) is 18.4 Å². The Morgan fingerprint density at radius 1 is 1.15 bits per heavy atom. The topological polar surface area (TPSA) is 111 Å². The molecular formula is C25H24FN7O. The predicted molar refractivity (Wildman–Crippen MR) is 128 cm³/mol. The maximum Gasteiger partial charge on any atom is 0.238 e. The highest BCUT2D eigenvalue weighted by Crippen LogP contribution is 2.30. The number of benzene rings is 2. The minimum absolute atomic E-state index is 0.166. The molecule has 1 aliphatic heterocycles. The molecule has 0 bridgehead atoms. The first-order valence-corrected chi connectivity index (χ1v) is 11.1. The van der Waals surface area contributed by atoms with E-state index in [9.17, 15) is 9.18 Å². The second-order valence-electron chi connectivity index (χ2n) is 8.22. The smallest absolute Gasteiger partial charge is 0.238 e. The lowest BCUT2D eigenvalue weighted by molar-refractivity contribution is -0.116. The summed E-state index contributed by atoms with van der Waals surface area (Å²) in [7, 11) is 0. The Labute approximate surface area is 196 Å². The zero-order valence-corrected chi connectivity index (χ0v) is 18.4. The number of amides is 1. The Morgan fingerprint density at radius 2 is 1.94 bits per heavy atom. The van der Waals surface area contributed by atoms with Gasteiger partial charge in [-0.15, -0.1) is 0 Å². The van der Waals surface area contributed by atoms with E-state index in [1.54, 1.807) is 12.4 Å². The second kappa shape index (κ2) is 9.40. The van der Waals surface area contributed by atoms with Crippen LogP contribution in [0, 0.1) is 5.82 Å². The maximum absolute atomic E-state index is 13.4. The Bertz CT molecular complexity index is 1280. The van der Waals surface area contributed by atoms with Gasteiger partial charge in [0.15, 0.2) is 0 Å². The van der Waals surface area contributed by atoms with Crippen molar-refractivity contribution in [1.29, 1.82) is 0 Å². The standard InChI is InChI=1S/C25H24FN7O/c26-18-6-8-19(9-7-18)31-25(34)22(16-4-2-1-3-5-16)23-24(27)29-14-21(32-23)17-12-30-33(15-17)20-10-11-28-13-20/h1-9,12,14-15,20,22,28H,10-11,13H2,(H2,27,29)(H,31,34)/t20-,22?/m0/s1. The average Bonchev–Trinajstić information content (AvgIpc) is 3.55. The largest absolute Gasteiger partial charge is 0.382 e. The van der Waals surface area contributed by atoms with Gasteiger partial charge in [-0.05, 0) is 42.8 Å². The van der Waals surface area contributed by atoms with Crippen molar-refractivity contribution >= 4 is 17.4 Å². The van der Waals surface area contributed by atoms with Crippen molar-refractivity contribution in [2.24, 2.45) is 0 Å². The Kier molecular flexibility index (Phi) is 6.01. The molecule has 1 unspecified atom stereocenters. The zero-order chi connectivity index (χ0) is 23.5. The molecule has 1 fully saturated rings. The monoisotopic (exact) mass is 457 g/mol. The lowest BCUT2D eigenvalue weighted by Crippen LogP contribution is -2.24. The Morgan fingerprint density at radius 3 is 2.68 bits per heavy atom. The molecule has 0 aliphatic carbocycles. The fraction of sp³-hybridized carbons (Fsp3) is 0.200. The molecule has 1 saturated heterocycles. The number of carbonyl (C=O) groups is 1. The number of anilines is 2. The number of hydrogen-bond acceptors (Lipinski definition) is 6. The molecule has 2 atom stereocenters. The molecule has 0 radical (unpaired) electrons. The van der Waals surface area contributed by atoms with Crippen LogP contribution in [0.25, 0.3) is 11.3 Å². The van der Waals surface area contributed by atoms with Crippen molar-refractivity contribution in [3.05, 3.63) is 90.3 Å². The number of nitrogens with one attached hydrogen (secondary N) is 2. The Balaban J connectivity index is 1.51. The van der Waals surface area contributed by atoms with Crippen LogP contribution >= 0.6 is 0 Å². The van der Waals surface area contributed by atoms with Gasteiger partial charge in [-0.1, -0.05) is 30.3 Å². The number of nitrogens with two attached hydrogens (primary N) is 1. The van der Waals surface area contributed by atoms with Crippen molar-refractivity contribution in [1.82, 2.24) is 25.1 Å².